The van der Waals surface area contributed by atoms with Crippen molar-refractivity contribution in [2.75, 3.05) is 33.1 Å². The van der Waals surface area contributed by atoms with Crippen molar-refractivity contribution < 1.29 is 34.8 Å². The van der Waals surface area contributed by atoms with Crippen LogP contribution in [0.4, 0.5) is 5.69 Å². The van der Waals surface area contributed by atoms with Gasteiger partial charge in [0.05, 0.1) is 18.2 Å². The van der Waals surface area contributed by atoms with E-state index in [0.717, 1.165) is 12.8 Å². The first-order valence-corrected chi connectivity index (χ1v) is 13.5. The van der Waals surface area contributed by atoms with Gasteiger partial charge in [0.25, 0.3) is 5.91 Å². The van der Waals surface area contributed by atoms with Gasteiger partial charge in [0.1, 0.15) is 22.8 Å². The number of hydrogen-bond donors (Lipinski definition) is 7. The highest BCUT2D eigenvalue weighted by molar-refractivity contribution is 6.24. The fraction of sp³-hybridized carbons (Fsp3) is 0.500. The van der Waals surface area contributed by atoms with Gasteiger partial charge < -0.3 is 42.1 Å². The average Bonchev–Trinajstić information content (AvgIpc) is 3.69. The third-order valence-corrected chi connectivity index (χ3v) is 8.61. The van der Waals surface area contributed by atoms with E-state index in [2.05, 4.69) is 10.3 Å². The van der Waals surface area contributed by atoms with Gasteiger partial charge in [0, 0.05) is 42.9 Å². The summed E-state index contributed by atoms with van der Waals surface area (Å²) in [4.78, 5) is 47.0. The monoisotopic (exact) mass is 568 g/mol. The minimum Gasteiger partial charge on any atom is -0.508 e. The molecular weight excluding hydrogens is 532 g/mol. The number of phenols is 1. The van der Waals surface area contributed by atoms with E-state index >= 15 is 0 Å². The topological polar surface area (TPSA) is 215 Å². The maximum absolute atomic E-state index is 14.0. The summed E-state index contributed by atoms with van der Waals surface area (Å²) in [5.41, 5.74) is 9.25. The molecule has 4 aliphatic rings. The Morgan fingerprint density at radius 2 is 1.80 bits per heavy atom. The van der Waals surface area contributed by atoms with Gasteiger partial charge in [0.2, 0.25) is 5.78 Å². The number of aliphatic hydroxyl groups excluding tert-OH is 2. The number of nitrogens with one attached hydrogen (secondary N) is 1. The number of guanidine groups is 1. The molecule has 1 aromatic rings. The van der Waals surface area contributed by atoms with Crippen molar-refractivity contribution in [3.05, 3.63) is 39.7 Å². The molecule has 220 valence electrons. The Bertz CT molecular complexity index is 1460. The lowest BCUT2D eigenvalue weighted by atomic mass is 9.57. The summed E-state index contributed by atoms with van der Waals surface area (Å²) >= 11 is 0. The molecule has 13 nitrogen and oxygen atoms in total. The van der Waals surface area contributed by atoms with E-state index in [4.69, 9.17) is 11.5 Å². The van der Waals surface area contributed by atoms with Crippen LogP contribution in [0.15, 0.2) is 28.0 Å². The average molecular weight is 569 g/mol. The zero-order valence-corrected chi connectivity index (χ0v) is 23.4. The third-order valence-electron chi connectivity index (χ3n) is 8.61. The molecule has 5 rings (SSSR count). The predicted molar refractivity (Wildman–Crippen MR) is 150 cm³/mol. The number of carbonyl (C=O) groups is 3. The van der Waals surface area contributed by atoms with Crippen LogP contribution in [0.5, 0.6) is 5.75 Å². The van der Waals surface area contributed by atoms with Crippen molar-refractivity contribution in [3.63, 3.8) is 0 Å². The summed E-state index contributed by atoms with van der Waals surface area (Å²) < 4.78 is 0. The summed E-state index contributed by atoms with van der Waals surface area (Å²) in [6, 6.07) is 0.902. The van der Waals surface area contributed by atoms with Crippen LogP contribution in [0.3, 0.4) is 0 Å². The number of rotatable bonds is 6. The summed E-state index contributed by atoms with van der Waals surface area (Å²) in [5.74, 6) is -6.63. The molecular formula is C28H36N6O7. The van der Waals surface area contributed by atoms with Crippen LogP contribution < -0.4 is 21.7 Å². The third kappa shape index (κ3) is 4.30. The van der Waals surface area contributed by atoms with Crippen LogP contribution in [0, 0.1) is 11.8 Å². The first kappa shape index (κ1) is 28.4. The molecule has 2 saturated carbocycles. The standard InChI is InChI=1S/C28H36N6O7/c1-33(2)16-9-12(10-31-27(30)32-13-5-6-13)21(35)18-14(16)7-11-8-15-20(34(3)4)23(37)19(26(29)40)25(39)28(15,41)24(38)17(11)22(18)36/h9,11,13,15,20,35-36,39,41H,5-8,10H2,1-4H3,(H2,29,40)(H3,30,31,32)/t11?,15?,20-,28-/m0/s1. The zero-order chi connectivity index (χ0) is 30.1. The highest BCUT2D eigenvalue weighted by Crippen LogP contribution is 2.54. The molecule has 9 N–H and O–H groups in total. The largest absolute Gasteiger partial charge is 0.508 e. The zero-order valence-electron chi connectivity index (χ0n) is 23.4. The molecule has 2 unspecified atom stereocenters. The number of aliphatic imine (C=N–C) groups is 1. The Balaban J connectivity index is 1.66. The van der Waals surface area contributed by atoms with Crippen LogP contribution in [-0.2, 0) is 27.3 Å². The second-order valence-electron chi connectivity index (χ2n) is 11.7. The van der Waals surface area contributed by atoms with Gasteiger partial charge in [-0.15, -0.1) is 0 Å². The highest BCUT2D eigenvalue weighted by Gasteiger charge is 2.64. The van der Waals surface area contributed by atoms with Crippen molar-refractivity contribution in [2.24, 2.45) is 28.3 Å². The molecule has 0 spiro atoms. The molecule has 1 aromatic carbocycles. The first-order chi connectivity index (χ1) is 19.2. The van der Waals surface area contributed by atoms with Crippen LogP contribution in [-0.4, -0.2) is 94.6 Å². The number of nitrogens with two attached hydrogens (primary N) is 2. The van der Waals surface area contributed by atoms with E-state index in [1.807, 2.05) is 4.90 Å². The highest BCUT2D eigenvalue weighted by atomic mass is 16.3. The molecule has 0 saturated heterocycles. The van der Waals surface area contributed by atoms with Gasteiger partial charge in [-0.2, -0.15) is 0 Å². The SMILES string of the molecule is CN(C)c1cc(CN=C(N)NC2CC2)c(O)c2c1CC1CC3[C@H](N(C)C)C(=O)C(C(N)=O)=C(O)[C@@]3(O)C(=O)C1=C2O. The number of amides is 1. The van der Waals surface area contributed by atoms with Crippen molar-refractivity contribution in [1.82, 2.24) is 10.2 Å². The molecule has 0 radical (unpaired) electrons. The quantitative estimate of drug-likeness (QED) is 0.133. The number of nitrogens with zero attached hydrogens (tertiary/aromatic N) is 3. The normalized spacial score (nSPS) is 28.0. The minimum absolute atomic E-state index is 0.00433. The van der Waals surface area contributed by atoms with E-state index in [0.29, 0.717) is 16.8 Å². The van der Waals surface area contributed by atoms with Gasteiger partial charge in [-0.3, -0.25) is 19.3 Å². The number of benzene rings is 1. The summed E-state index contributed by atoms with van der Waals surface area (Å²) in [6.07, 6.45) is 2.23. The Labute approximate surface area is 236 Å². The molecule has 13 heteroatoms. The van der Waals surface area contributed by atoms with Crippen molar-refractivity contribution in [3.8, 4) is 5.75 Å². The number of primary amides is 1. The number of Topliss-reactive ketones (excluding diaryl/α,β-unsaturated/α-hetero) is 2. The maximum atomic E-state index is 14.0. The van der Waals surface area contributed by atoms with E-state index in [9.17, 15) is 34.8 Å². The lowest BCUT2D eigenvalue weighted by Crippen LogP contribution is -2.65. The number of fused-ring (bicyclic) bond motifs is 3. The molecule has 0 aliphatic heterocycles. The number of aliphatic hydroxyl groups is 3. The Morgan fingerprint density at radius 1 is 1.15 bits per heavy atom. The van der Waals surface area contributed by atoms with Gasteiger partial charge in [0.15, 0.2) is 17.3 Å². The number of aromatic hydroxyl groups is 1. The van der Waals surface area contributed by atoms with Gasteiger partial charge in [-0.25, -0.2) is 4.99 Å². The Hall–Kier alpha value is -4.10. The number of anilines is 1. The lowest BCUT2D eigenvalue weighted by molar-refractivity contribution is -0.153. The fourth-order valence-electron chi connectivity index (χ4n) is 6.52. The van der Waals surface area contributed by atoms with E-state index in [1.165, 1.54) is 4.90 Å². The van der Waals surface area contributed by atoms with Crippen LogP contribution >= 0.6 is 0 Å². The van der Waals surface area contributed by atoms with Crippen LogP contribution in [0.25, 0.3) is 5.76 Å². The van der Waals surface area contributed by atoms with Crippen molar-refractivity contribution in [2.45, 2.75) is 49.9 Å². The molecule has 2 fully saturated rings. The second kappa shape index (κ2) is 9.77. The maximum Gasteiger partial charge on any atom is 0.255 e. The summed E-state index contributed by atoms with van der Waals surface area (Å²) in [5, 5.41) is 48.7. The molecule has 0 bridgehead atoms. The number of likely N-dealkylation sites (N-methyl/N-ethyl adjacent to an activating group) is 1. The smallest absolute Gasteiger partial charge is 0.255 e. The number of hydrogen-bond acceptors (Lipinski definition) is 10. The first-order valence-electron chi connectivity index (χ1n) is 13.5. The Morgan fingerprint density at radius 3 is 2.37 bits per heavy atom. The second-order valence-corrected chi connectivity index (χ2v) is 11.7. The van der Waals surface area contributed by atoms with Gasteiger partial charge >= 0.3 is 0 Å². The van der Waals surface area contributed by atoms with Gasteiger partial charge in [-0.1, -0.05) is 0 Å². The number of carbonyl (C=O) groups excluding carboxylic acids is 3. The van der Waals surface area contributed by atoms with E-state index < -0.39 is 58.0 Å². The molecule has 4 aliphatic carbocycles. The lowest BCUT2D eigenvalue weighted by Gasteiger charge is -2.50. The predicted octanol–water partition coefficient (Wildman–Crippen LogP) is -0.403. The summed E-state index contributed by atoms with van der Waals surface area (Å²) in [7, 11) is 6.73. The molecule has 1 amide bonds. The number of ketones is 2. The Kier molecular flexibility index (Phi) is 6.77. The fourth-order valence-corrected chi connectivity index (χ4v) is 6.52. The van der Waals surface area contributed by atoms with Crippen molar-refractivity contribution in [1.29, 1.82) is 0 Å². The van der Waals surface area contributed by atoms with E-state index in [-0.39, 0.29) is 48.3 Å². The van der Waals surface area contributed by atoms with Crippen molar-refractivity contribution >= 4 is 34.9 Å². The molecule has 0 heterocycles. The molecule has 0 aromatic heterocycles. The van der Waals surface area contributed by atoms with Crippen LogP contribution in [0.1, 0.15) is 36.0 Å². The molecule has 41 heavy (non-hydrogen) atoms. The minimum atomic E-state index is -2.69. The molecule has 4 atom stereocenters. The number of phenolic OH excluding ortho intramolecular Hbond substituents is 1. The van der Waals surface area contributed by atoms with E-state index in [1.54, 1.807) is 34.3 Å². The van der Waals surface area contributed by atoms with Crippen LogP contribution in [0.2, 0.25) is 0 Å². The van der Waals surface area contributed by atoms with Gasteiger partial charge in [-0.05, 0) is 57.3 Å². The summed E-state index contributed by atoms with van der Waals surface area (Å²) in [6.45, 7) is -0.00433.